The molecule has 0 saturated heterocycles. The summed E-state index contributed by atoms with van der Waals surface area (Å²) in [6.07, 6.45) is 1.75. The van der Waals surface area contributed by atoms with Crippen molar-refractivity contribution in [2.24, 2.45) is 0 Å². The maximum absolute atomic E-state index is 5.77. The first-order valence-electron chi connectivity index (χ1n) is 7.29. The summed E-state index contributed by atoms with van der Waals surface area (Å²) in [5.74, 6) is 2.06. The third-order valence-corrected chi connectivity index (χ3v) is 3.47. The van der Waals surface area contributed by atoms with Gasteiger partial charge >= 0.3 is 0 Å². The standard InChI is InChI=1S/C17H18N4O/c1-10(2)15-18-9-14(12(4)19-15)17-21-20-16(22-17)13-7-5-11(3)6-8-13/h5-10H,1-4H3. The first-order valence-corrected chi connectivity index (χ1v) is 7.29. The van der Waals surface area contributed by atoms with Gasteiger partial charge in [0.05, 0.1) is 11.3 Å². The second kappa shape index (κ2) is 5.67. The van der Waals surface area contributed by atoms with Crippen LogP contribution in [0.4, 0.5) is 0 Å². The smallest absolute Gasteiger partial charge is 0.251 e. The van der Waals surface area contributed by atoms with Crippen LogP contribution < -0.4 is 0 Å². The highest BCUT2D eigenvalue weighted by molar-refractivity contribution is 5.58. The Balaban J connectivity index is 1.95. The van der Waals surface area contributed by atoms with Gasteiger partial charge in [-0.2, -0.15) is 0 Å². The summed E-state index contributed by atoms with van der Waals surface area (Å²) in [6.45, 7) is 8.10. The highest BCUT2D eigenvalue weighted by Gasteiger charge is 2.15. The van der Waals surface area contributed by atoms with Crippen molar-refractivity contribution in [3.8, 4) is 22.9 Å². The number of hydrogen-bond acceptors (Lipinski definition) is 5. The molecule has 5 nitrogen and oxygen atoms in total. The van der Waals surface area contributed by atoms with E-state index in [1.165, 1.54) is 5.56 Å². The molecule has 0 atom stereocenters. The van der Waals surface area contributed by atoms with E-state index in [9.17, 15) is 0 Å². The molecule has 5 heteroatoms. The minimum absolute atomic E-state index is 0.290. The van der Waals surface area contributed by atoms with Crippen LogP contribution in [0.5, 0.6) is 0 Å². The van der Waals surface area contributed by atoms with Gasteiger partial charge in [0.1, 0.15) is 5.82 Å². The van der Waals surface area contributed by atoms with Gasteiger partial charge in [0.15, 0.2) is 0 Å². The van der Waals surface area contributed by atoms with E-state index in [4.69, 9.17) is 4.42 Å². The summed E-state index contributed by atoms with van der Waals surface area (Å²) in [7, 11) is 0. The van der Waals surface area contributed by atoms with E-state index in [1.807, 2.05) is 38.1 Å². The molecule has 0 saturated carbocycles. The summed E-state index contributed by atoms with van der Waals surface area (Å²) < 4.78 is 5.77. The van der Waals surface area contributed by atoms with Crippen LogP contribution in [0.2, 0.25) is 0 Å². The Kier molecular flexibility index (Phi) is 3.71. The molecule has 112 valence electrons. The van der Waals surface area contributed by atoms with Crippen molar-refractivity contribution < 1.29 is 4.42 Å². The van der Waals surface area contributed by atoms with Gasteiger partial charge in [0.2, 0.25) is 5.89 Å². The topological polar surface area (TPSA) is 64.7 Å². The van der Waals surface area contributed by atoms with Gasteiger partial charge in [-0.1, -0.05) is 31.5 Å². The number of benzene rings is 1. The zero-order valence-electron chi connectivity index (χ0n) is 13.2. The van der Waals surface area contributed by atoms with Crippen molar-refractivity contribution in [2.45, 2.75) is 33.6 Å². The predicted molar refractivity (Wildman–Crippen MR) is 84.3 cm³/mol. The molecule has 2 heterocycles. The highest BCUT2D eigenvalue weighted by Crippen LogP contribution is 2.25. The molecule has 1 aromatic carbocycles. The summed E-state index contributed by atoms with van der Waals surface area (Å²) >= 11 is 0. The van der Waals surface area contributed by atoms with Gasteiger partial charge < -0.3 is 4.42 Å². The zero-order chi connectivity index (χ0) is 15.7. The summed E-state index contributed by atoms with van der Waals surface area (Å²) in [5, 5.41) is 8.24. The zero-order valence-corrected chi connectivity index (χ0v) is 13.2. The number of nitrogens with zero attached hydrogens (tertiary/aromatic N) is 4. The minimum atomic E-state index is 0.290. The van der Waals surface area contributed by atoms with Crippen LogP contribution >= 0.6 is 0 Å². The number of aryl methyl sites for hydroxylation is 2. The van der Waals surface area contributed by atoms with Crippen LogP contribution in [0, 0.1) is 13.8 Å². The van der Waals surface area contributed by atoms with E-state index in [0.29, 0.717) is 17.7 Å². The molecule has 0 aliphatic heterocycles. The normalized spacial score (nSPS) is 11.1. The molecule has 22 heavy (non-hydrogen) atoms. The van der Waals surface area contributed by atoms with Crippen LogP contribution in [0.3, 0.4) is 0 Å². The second-order valence-corrected chi connectivity index (χ2v) is 5.66. The minimum Gasteiger partial charge on any atom is -0.416 e. The molecule has 3 rings (SSSR count). The fraction of sp³-hybridized carbons (Fsp3) is 0.294. The van der Waals surface area contributed by atoms with Gasteiger partial charge in [0.25, 0.3) is 5.89 Å². The summed E-state index contributed by atoms with van der Waals surface area (Å²) in [4.78, 5) is 8.87. The molecule has 0 bridgehead atoms. The van der Waals surface area contributed by atoms with Crippen molar-refractivity contribution in [1.29, 1.82) is 0 Å². The fourth-order valence-electron chi connectivity index (χ4n) is 2.12. The quantitative estimate of drug-likeness (QED) is 0.732. The van der Waals surface area contributed by atoms with Gasteiger partial charge in [-0.15, -0.1) is 10.2 Å². The van der Waals surface area contributed by atoms with E-state index in [1.54, 1.807) is 6.20 Å². The fourth-order valence-corrected chi connectivity index (χ4v) is 2.12. The van der Waals surface area contributed by atoms with Crippen molar-refractivity contribution in [1.82, 2.24) is 20.2 Å². The van der Waals surface area contributed by atoms with Crippen LogP contribution in [-0.4, -0.2) is 20.2 Å². The van der Waals surface area contributed by atoms with E-state index < -0.39 is 0 Å². The number of aromatic nitrogens is 4. The van der Waals surface area contributed by atoms with Crippen molar-refractivity contribution in [3.05, 3.63) is 47.5 Å². The molecule has 0 N–H and O–H groups in total. The molecular weight excluding hydrogens is 276 g/mol. The van der Waals surface area contributed by atoms with E-state index >= 15 is 0 Å². The summed E-state index contributed by atoms with van der Waals surface area (Å²) in [5.41, 5.74) is 3.71. The van der Waals surface area contributed by atoms with Crippen LogP contribution in [0.25, 0.3) is 22.9 Å². The van der Waals surface area contributed by atoms with Crippen molar-refractivity contribution >= 4 is 0 Å². The van der Waals surface area contributed by atoms with Gasteiger partial charge in [-0.05, 0) is 26.0 Å². The molecule has 0 spiro atoms. The Hall–Kier alpha value is -2.56. The molecular formula is C17H18N4O. The highest BCUT2D eigenvalue weighted by atomic mass is 16.4. The van der Waals surface area contributed by atoms with E-state index in [-0.39, 0.29) is 0 Å². The average Bonchev–Trinajstić information content (AvgIpc) is 2.97. The van der Waals surface area contributed by atoms with Crippen LogP contribution in [-0.2, 0) is 0 Å². The Labute approximate surface area is 129 Å². The molecule has 2 aromatic heterocycles. The molecule has 0 radical (unpaired) electrons. The lowest BCUT2D eigenvalue weighted by Crippen LogP contribution is -2.00. The van der Waals surface area contributed by atoms with Gasteiger partial charge in [-0.3, -0.25) is 0 Å². The average molecular weight is 294 g/mol. The van der Waals surface area contributed by atoms with Crippen LogP contribution in [0.1, 0.15) is 36.8 Å². The summed E-state index contributed by atoms with van der Waals surface area (Å²) in [6, 6.07) is 7.98. The van der Waals surface area contributed by atoms with Gasteiger partial charge in [-0.25, -0.2) is 9.97 Å². The third kappa shape index (κ3) is 2.74. The molecule has 0 unspecified atom stereocenters. The molecule has 3 aromatic rings. The Morgan fingerprint density at radius 3 is 2.27 bits per heavy atom. The SMILES string of the molecule is Cc1ccc(-c2nnc(-c3cnc(C(C)C)nc3C)o2)cc1. The lowest BCUT2D eigenvalue weighted by Gasteiger charge is -2.06. The van der Waals surface area contributed by atoms with Crippen LogP contribution in [0.15, 0.2) is 34.9 Å². The number of rotatable bonds is 3. The van der Waals surface area contributed by atoms with E-state index in [0.717, 1.165) is 22.6 Å². The Bertz CT molecular complexity index is 791. The molecule has 0 aliphatic rings. The third-order valence-electron chi connectivity index (χ3n) is 3.47. The lowest BCUT2D eigenvalue weighted by atomic mass is 10.1. The largest absolute Gasteiger partial charge is 0.416 e. The predicted octanol–water partition coefficient (Wildman–Crippen LogP) is 3.93. The van der Waals surface area contributed by atoms with Crippen molar-refractivity contribution in [3.63, 3.8) is 0 Å². The maximum atomic E-state index is 5.77. The van der Waals surface area contributed by atoms with Gasteiger partial charge in [0, 0.05) is 17.7 Å². The second-order valence-electron chi connectivity index (χ2n) is 5.66. The Morgan fingerprint density at radius 2 is 1.64 bits per heavy atom. The monoisotopic (exact) mass is 294 g/mol. The maximum Gasteiger partial charge on any atom is 0.251 e. The Morgan fingerprint density at radius 1 is 0.955 bits per heavy atom. The first kappa shape index (κ1) is 14.4. The van der Waals surface area contributed by atoms with Crippen molar-refractivity contribution in [2.75, 3.05) is 0 Å². The molecule has 0 aliphatic carbocycles. The molecule has 0 fully saturated rings. The first-order chi connectivity index (χ1) is 10.5. The lowest BCUT2D eigenvalue weighted by molar-refractivity contribution is 0.582. The molecule has 0 amide bonds. The number of hydrogen-bond donors (Lipinski definition) is 0. The van der Waals surface area contributed by atoms with E-state index in [2.05, 4.69) is 34.0 Å².